The molecule has 2 N–H and O–H groups in total. The van der Waals surface area contributed by atoms with Gasteiger partial charge in [-0.25, -0.2) is 0 Å². The second-order valence-corrected chi connectivity index (χ2v) is 5.90. The van der Waals surface area contributed by atoms with Gasteiger partial charge in [-0.1, -0.05) is 13.3 Å². The summed E-state index contributed by atoms with van der Waals surface area (Å²) in [6.45, 7) is 4.99. The molecule has 0 radical (unpaired) electrons. The zero-order chi connectivity index (χ0) is 14.3. The molecule has 0 amide bonds. The number of rotatable bonds is 8. The predicted octanol–water partition coefficient (Wildman–Crippen LogP) is 1.98. The number of methoxy groups -OCH3 is 1. The van der Waals surface area contributed by atoms with Gasteiger partial charge >= 0.3 is 0 Å². The minimum absolute atomic E-state index is 0.000630. The standard InChI is InChI=1S/C15H30O4/c1-4-12-5-6-15(17)13(7-12)8-14(16)10-19-11(2)9-18-3/h11-17H,4-10H2,1-3H3. The molecule has 0 aromatic carbocycles. The van der Waals surface area contributed by atoms with E-state index in [1.807, 2.05) is 6.92 Å². The van der Waals surface area contributed by atoms with Crippen molar-refractivity contribution in [2.75, 3.05) is 20.3 Å². The molecule has 5 unspecified atom stereocenters. The zero-order valence-corrected chi connectivity index (χ0v) is 12.5. The number of hydrogen-bond acceptors (Lipinski definition) is 4. The Morgan fingerprint density at radius 1 is 1.26 bits per heavy atom. The lowest BCUT2D eigenvalue weighted by molar-refractivity contribution is -0.0499. The fourth-order valence-corrected chi connectivity index (χ4v) is 2.95. The summed E-state index contributed by atoms with van der Waals surface area (Å²) in [4.78, 5) is 0. The molecule has 1 aliphatic carbocycles. The van der Waals surface area contributed by atoms with Crippen molar-refractivity contribution in [3.05, 3.63) is 0 Å². The van der Waals surface area contributed by atoms with Crippen LogP contribution < -0.4 is 0 Å². The van der Waals surface area contributed by atoms with E-state index < -0.39 is 6.10 Å². The molecule has 0 aromatic heterocycles. The molecule has 114 valence electrons. The van der Waals surface area contributed by atoms with Crippen LogP contribution in [0.5, 0.6) is 0 Å². The van der Waals surface area contributed by atoms with Crippen LogP contribution in [-0.4, -0.2) is 48.8 Å². The quantitative estimate of drug-likeness (QED) is 0.710. The molecule has 0 spiro atoms. The third-order valence-electron chi connectivity index (χ3n) is 4.18. The lowest BCUT2D eigenvalue weighted by Crippen LogP contribution is -2.33. The topological polar surface area (TPSA) is 58.9 Å². The van der Waals surface area contributed by atoms with Gasteiger partial charge in [0.1, 0.15) is 0 Å². The molecule has 4 heteroatoms. The summed E-state index contributed by atoms with van der Waals surface area (Å²) in [5.41, 5.74) is 0. The molecule has 5 atom stereocenters. The zero-order valence-electron chi connectivity index (χ0n) is 12.5. The summed E-state index contributed by atoms with van der Waals surface area (Å²) < 4.78 is 10.5. The van der Waals surface area contributed by atoms with E-state index in [0.717, 1.165) is 19.3 Å². The highest BCUT2D eigenvalue weighted by atomic mass is 16.5. The Morgan fingerprint density at radius 2 is 2.00 bits per heavy atom. The van der Waals surface area contributed by atoms with Crippen LogP contribution in [0.1, 0.15) is 46.0 Å². The number of aliphatic hydroxyl groups is 2. The van der Waals surface area contributed by atoms with E-state index in [1.165, 1.54) is 6.42 Å². The third-order valence-corrected chi connectivity index (χ3v) is 4.18. The molecular formula is C15H30O4. The summed E-state index contributed by atoms with van der Waals surface area (Å²) in [5, 5.41) is 20.0. The Hall–Kier alpha value is -0.160. The molecule has 0 saturated heterocycles. The van der Waals surface area contributed by atoms with Crippen molar-refractivity contribution < 1.29 is 19.7 Å². The third kappa shape index (κ3) is 6.21. The van der Waals surface area contributed by atoms with Crippen molar-refractivity contribution in [2.45, 2.75) is 64.3 Å². The van der Waals surface area contributed by atoms with Crippen LogP contribution in [0.25, 0.3) is 0 Å². The van der Waals surface area contributed by atoms with E-state index in [1.54, 1.807) is 7.11 Å². The smallest absolute Gasteiger partial charge is 0.0781 e. The second-order valence-electron chi connectivity index (χ2n) is 5.90. The predicted molar refractivity (Wildman–Crippen MR) is 75.0 cm³/mol. The molecule has 19 heavy (non-hydrogen) atoms. The molecular weight excluding hydrogens is 244 g/mol. The van der Waals surface area contributed by atoms with E-state index in [-0.39, 0.29) is 18.1 Å². The molecule has 0 aromatic rings. The maximum Gasteiger partial charge on any atom is 0.0781 e. The van der Waals surface area contributed by atoms with Gasteiger partial charge < -0.3 is 19.7 Å². The number of hydrogen-bond donors (Lipinski definition) is 2. The SMILES string of the molecule is CCC1CCC(O)C(CC(O)COC(C)COC)C1. The van der Waals surface area contributed by atoms with Crippen LogP contribution in [0, 0.1) is 11.8 Å². The van der Waals surface area contributed by atoms with Gasteiger partial charge in [-0.15, -0.1) is 0 Å². The van der Waals surface area contributed by atoms with Crippen LogP contribution in [-0.2, 0) is 9.47 Å². The maximum absolute atomic E-state index is 10.0. The van der Waals surface area contributed by atoms with Gasteiger partial charge in [-0.05, 0) is 44.4 Å². The van der Waals surface area contributed by atoms with Gasteiger partial charge in [0.2, 0.25) is 0 Å². The highest BCUT2D eigenvalue weighted by Crippen LogP contribution is 2.33. The van der Waals surface area contributed by atoms with Gasteiger partial charge in [0.25, 0.3) is 0 Å². The molecule has 0 bridgehead atoms. The Labute approximate surface area is 117 Å². The summed E-state index contributed by atoms with van der Waals surface area (Å²) in [5.74, 6) is 0.920. The Morgan fingerprint density at radius 3 is 2.63 bits per heavy atom. The first-order valence-electron chi connectivity index (χ1n) is 7.53. The van der Waals surface area contributed by atoms with Crippen LogP contribution in [0.15, 0.2) is 0 Å². The summed E-state index contributed by atoms with van der Waals surface area (Å²) >= 11 is 0. The highest BCUT2D eigenvalue weighted by Gasteiger charge is 2.29. The van der Waals surface area contributed by atoms with Crippen molar-refractivity contribution in [3.8, 4) is 0 Å². The number of ether oxygens (including phenoxy) is 2. The molecule has 1 saturated carbocycles. The Kier molecular flexibility index (Phi) is 7.91. The summed E-state index contributed by atoms with van der Waals surface area (Å²) in [6.07, 6.45) is 4.07. The number of aliphatic hydroxyl groups excluding tert-OH is 2. The van der Waals surface area contributed by atoms with E-state index in [9.17, 15) is 10.2 Å². The first-order valence-corrected chi connectivity index (χ1v) is 7.53. The van der Waals surface area contributed by atoms with E-state index >= 15 is 0 Å². The van der Waals surface area contributed by atoms with Gasteiger partial charge in [-0.2, -0.15) is 0 Å². The van der Waals surface area contributed by atoms with E-state index in [4.69, 9.17) is 9.47 Å². The molecule has 0 heterocycles. The average Bonchev–Trinajstić information content (AvgIpc) is 2.39. The molecule has 1 rings (SSSR count). The molecule has 4 nitrogen and oxygen atoms in total. The average molecular weight is 274 g/mol. The van der Waals surface area contributed by atoms with Crippen LogP contribution >= 0.6 is 0 Å². The van der Waals surface area contributed by atoms with Crippen molar-refractivity contribution in [1.29, 1.82) is 0 Å². The van der Waals surface area contributed by atoms with E-state index in [2.05, 4.69) is 6.92 Å². The van der Waals surface area contributed by atoms with Crippen LogP contribution in [0.3, 0.4) is 0 Å². The maximum atomic E-state index is 10.0. The molecule has 1 fully saturated rings. The molecule has 0 aliphatic heterocycles. The highest BCUT2D eigenvalue weighted by molar-refractivity contribution is 4.81. The van der Waals surface area contributed by atoms with Gasteiger partial charge in [-0.3, -0.25) is 0 Å². The van der Waals surface area contributed by atoms with Gasteiger partial charge in [0.05, 0.1) is 31.5 Å². The fraction of sp³-hybridized carbons (Fsp3) is 1.00. The second kappa shape index (κ2) is 8.90. The Balaban J connectivity index is 2.27. The monoisotopic (exact) mass is 274 g/mol. The normalized spacial score (nSPS) is 31.1. The fourth-order valence-electron chi connectivity index (χ4n) is 2.95. The van der Waals surface area contributed by atoms with Crippen molar-refractivity contribution in [3.63, 3.8) is 0 Å². The van der Waals surface area contributed by atoms with E-state index in [0.29, 0.717) is 25.6 Å². The van der Waals surface area contributed by atoms with Crippen molar-refractivity contribution in [1.82, 2.24) is 0 Å². The minimum Gasteiger partial charge on any atom is -0.393 e. The van der Waals surface area contributed by atoms with Gasteiger partial charge in [0.15, 0.2) is 0 Å². The lowest BCUT2D eigenvalue weighted by Gasteiger charge is -2.34. The van der Waals surface area contributed by atoms with Gasteiger partial charge in [0, 0.05) is 7.11 Å². The lowest BCUT2D eigenvalue weighted by atomic mass is 9.76. The molecule has 1 aliphatic rings. The largest absolute Gasteiger partial charge is 0.393 e. The van der Waals surface area contributed by atoms with Crippen molar-refractivity contribution >= 4 is 0 Å². The summed E-state index contributed by atoms with van der Waals surface area (Å²) in [7, 11) is 1.64. The minimum atomic E-state index is -0.491. The van der Waals surface area contributed by atoms with Crippen LogP contribution in [0.2, 0.25) is 0 Å². The first-order chi connectivity index (χ1) is 9.06. The van der Waals surface area contributed by atoms with Crippen LogP contribution in [0.4, 0.5) is 0 Å². The Bertz CT molecular complexity index is 234. The first kappa shape index (κ1) is 16.9. The van der Waals surface area contributed by atoms with Crippen molar-refractivity contribution in [2.24, 2.45) is 11.8 Å². The summed E-state index contributed by atoms with van der Waals surface area (Å²) in [6, 6.07) is 0.